The van der Waals surface area contributed by atoms with Crippen molar-refractivity contribution in [3.8, 4) is 0 Å². The number of nitrogens with one attached hydrogen (secondary N) is 2. The number of aliphatic hydroxyl groups is 1. The van der Waals surface area contributed by atoms with Crippen molar-refractivity contribution < 1.29 is 19.5 Å². The Morgan fingerprint density at radius 3 is 2.47 bits per heavy atom. The molecule has 1 fully saturated rings. The summed E-state index contributed by atoms with van der Waals surface area (Å²) < 4.78 is 0. The molecule has 0 bridgehead atoms. The number of likely N-dealkylation sites (tertiary alicyclic amines) is 1. The number of hydrogen-bond donors (Lipinski definition) is 3. The highest BCUT2D eigenvalue weighted by Crippen LogP contribution is 2.46. The van der Waals surface area contributed by atoms with Crippen LogP contribution in [0, 0.1) is 29.6 Å². The average Bonchev–Trinajstić information content (AvgIpc) is 3.12. The van der Waals surface area contributed by atoms with E-state index in [0.29, 0.717) is 10.7 Å². The molecule has 1 heterocycles. The van der Waals surface area contributed by atoms with Gasteiger partial charge in [0.2, 0.25) is 17.7 Å². The van der Waals surface area contributed by atoms with Gasteiger partial charge in [-0.3, -0.25) is 14.4 Å². The SMILES string of the molecule is CCC[C@@H]1C=C[C@H]2[C@H](C(=O)N([C@@H](CO)[C@@H](C)CC)[C@@H]2C(=O)Nc2ccccc2Cl)[C@@H]1C(=O)NC. The summed E-state index contributed by atoms with van der Waals surface area (Å²) in [4.78, 5) is 42.2. The van der Waals surface area contributed by atoms with Crippen molar-refractivity contribution in [1.82, 2.24) is 10.2 Å². The van der Waals surface area contributed by atoms with Crippen molar-refractivity contribution in [2.75, 3.05) is 19.0 Å². The Bertz CT molecular complexity index is 936. The number of carbonyl (C=O) groups is 3. The fraction of sp³-hybridized carbons (Fsp3) is 0.577. The molecule has 0 aromatic heterocycles. The van der Waals surface area contributed by atoms with Gasteiger partial charge in [0.05, 0.1) is 35.2 Å². The molecule has 0 radical (unpaired) electrons. The molecule has 2 aliphatic rings. The quantitative estimate of drug-likeness (QED) is 0.462. The molecule has 7 atom stereocenters. The molecule has 0 saturated carbocycles. The molecule has 3 amide bonds. The van der Waals surface area contributed by atoms with Crippen molar-refractivity contribution >= 4 is 35.0 Å². The van der Waals surface area contributed by atoms with E-state index in [1.54, 1.807) is 36.2 Å². The van der Waals surface area contributed by atoms with E-state index in [4.69, 9.17) is 11.6 Å². The molecule has 186 valence electrons. The maximum atomic E-state index is 14.0. The maximum absolute atomic E-state index is 14.0. The number of nitrogens with zero attached hydrogens (tertiary/aromatic N) is 1. The Balaban J connectivity index is 2.08. The molecule has 3 N–H and O–H groups in total. The summed E-state index contributed by atoms with van der Waals surface area (Å²) >= 11 is 6.28. The van der Waals surface area contributed by atoms with Gasteiger partial charge in [0.1, 0.15) is 6.04 Å². The van der Waals surface area contributed by atoms with Gasteiger partial charge >= 0.3 is 0 Å². The zero-order chi connectivity index (χ0) is 25.0. The van der Waals surface area contributed by atoms with Crippen LogP contribution in [-0.4, -0.2) is 53.5 Å². The summed E-state index contributed by atoms with van der Waals surface area (Å²) in [6.45, 7) is 5.74. The number of aliphatic hydroxyl groups excluding tert-OH is 1. The summed E-state index contributed by atoms with van der Waals surface area (Å²) in [6.07, 6.45) is 6.31. The molecule has 7 nitrogen and oxygen atoms in total. The molecule has 1 aliphatic heterocycles. The van der Waals surface area contributed by atoms with Gasteiger partial charge in [0, 0.05) is 13.0 Å². The number of anilines is 1. The summed E-state index contributed by atoms with van der Waals surface area (Å²) in [6, 6.07) is 5.55. The standard InChI is InChI=1S/C26H36ClN3O4/c1-5-9-16-12-13-17-22(21(16)24(32)28-4)26(34)30(20(14-31)15(3)6-2)23(17)25(33)29-19-11-8-7-10-18(19)27/h7-8,10-13,15-17,20-23,31H,5-6,9,14H2,1-4H3,(H,28,32)(H,29,33)/t15-,16+,17-,20-,21+,22-,23-/m0/s1. The van der Waals surface area contributed by atoms with Crippen molar-refractivity contribution in [1.29, 1.82) is 0 Å². The monoisotopic (exact) mass is 489 g/mol. The first-order chi connectivity index (χ1) is 16.3. The maximum Gasteiger partial charge on any atom is 0.247 e. The molecule has 0 spiro atoms. The normalized spacial score (nSPS) is 27.8. The fourth-order valence-electron chi connectivity index (χ4n) is 5.52. The topological polar surface area (TPSA) is 98.7 Å². The molecular weight excluding hydrogens is 454 g/mol. The number of allylic oxidation sites excluding steroid dienone is 1. The fourth-order valence-corrected chi connectivity index (χ4v) is 5.70. The largest absolute Gasteiger partial charge is 0.394 e. The number of amides is 3. The lowest BCUT2D eigenvalue weighted by Crippen LogP contribution is -2.52. The van der Waals surface area contributed by atoms with Gasteiger partial charge < -0.3 is 20.6 Å². The minimum absolute atomic E-state index is 0.0291. The molecule has 3 rings (SSSR count). The second-order valence-corrected chi connectivity index (χ2v) is 9.78. The number of benzene rings is 1. The van der Waals surface area contributed by atoms with Crippen LogP contribution in [0.4, 0.5) is 5.69 Å². The molecule has 8 heteroatoms. The Morgan fingerprint density at radius 2 is 1.88 bits per heavy atom. The van der Waals surface area contributed by atoms with E-state index < -0.39 is 29.8 Å². The van der Waals surface area contributed by atoms with E-state index in [1.165, 1.54) is 0 Å². The van der Waals surface area contributed by atoms with Gasteiger partial charge in [-0.25, -0.2) is 0 Å². The zero-order valence-corrected chi connectivity index (χ0v) is 21.1. The average molecular weight is 490 g/mol. The number of hydrogen-bond acceptors (Lipinski definition) is 4. The number of rotatable bonds is 9. The highest BCUT2D eigenvalue weighted by Gasteiger charge is 2.58. The second-order valence-electron chi connectivity index (χ2n) is 9.38. The van der Waals surface area contributed by atoms with Gasteiger partial charge in [-0.15, -0.1) is 0 Å². The molecule has 34 heavy (non-hydrogen) atoms. The van der Waals surface area contributed by atoms with Crippen LogP contribution >= 0.6 is 11.6 Å². The minimum Gasteiger partial charge on any atom is -0.394 e. The van der Waals surface area contributed by atoms with Crippen LogP contribution < -0.4 is 10.6 Å². The number of para-hydroxylation sites is 1. The predicted octanol–water partition coefficient (Wildman–Crippen LogP) is 3.48. The van der Waals surface area contributed by atoms with E-state index in [-0.39, 0.29) is 36.2 Å². The minimum atomic E-state index is -0.856. The van der Waals surface area contributed by atoms with Crippen molar-refractivity contribution in [3.63, 3.8) is 0 Å². The molecular formula is C26H36ClN3O4. The lowest BCUT2D eigenvalue weighted by molar-refractivity contribution is -0.143. The Hall–Kier alpha value is -2.38. The lowest BCUT2D eigenvalue weighted by atomic mass is 9.68. The molecule has 1 aromatic carbocycles. The van der Waals surface area contributed by atoms with Crippen LogP contribution in [0.2, 0.25) is 5.02 Å². The van der Waals surface area contributed by atoms with Gasteiger partial charge in [-0.05, 0) is 30.4 Å². The Morgan fingerprint density at radius 1 is 1.18 bits per heavy atom. The second kappa shape index (κ2) is 11.4. The van der Waals surface area contributed by atoms with Crippen LogP contribution in [0.15, 0.2) is 36.4 Å². The lowest BCUT2D eigenvalue weighted by Gasteiger charge is -2.36. The van der Waals surface area contributed by atoms with E-state index in [1.807, 2.05) is 32.9 Å². The Kier molecular flexibility index (Phi) is 8.77. The van der Waals surface area contributed by atoms with Gasteiger partial charge in [-0.1, -0.05) is 69.5 Å². The van der Waals surface area contributed by atoms with Crippen LogP contribution in [0.25, 0.3) is 0 Å². The summed E-state index contributed by atoms with van der Waals surface area (Å²) in [5.41, 5.74) is 0.459. The molecule has 1 aromatic rings. The van der Waals surface area contributed by atoms with Gasteiger partial charge in [-0.2, -0.15) is 0 Å². The van der Waals surface area contributed by atoms with E-state index in [9.17, 15) is 19.5 Å². The first-order valence-electron chi connectivity index (χ1n) is 12.2. The highest BCUT2D eigenvalue weighted by atomic mass is 35.5. The van der Waals surface area contributed by atoms with Crippen LogP contribution in [0.1, 0.15) is 40.0 Å². The highest BCUT2D eigenvalue weighted by molar-refractivity contribution is 6.33. The molecule has 1 saturated heterocycles. The van der Waals surface area contributed by atoms with Crippen LogP contribution in [0.5, 0.6) is 0 Å². The zero-order valence-electron chi connectivity index (χ0n) is 20.3. The van der Waals surface area contributed by atoms with Crippen molar-refractivity contribution in [3.05, 3.63) is 41.4 Å². The van der Waals surface area contributed by atoms with Crippen LogP contribution in [-0.2, 0) is 14.4 Å². The number of fused-ring (bicyclic) bond motifs is 1. The van der Waals surface area contributed by atoms with E-state index in [2.05, 4.69) is 10.6 Å². The number of halogens is 1. The summed E-state index contributed by atoms with van der Waals surface area (Å²) in [7, 11) is 1.58. The molecule has 1 aliphatic carbocycles. The van der Waals surface area contributed by atoms with Crippen molar-refractivity contribution in [2.45, 2.75) is 52.1 Å². The third kappa shape index (κ3) is 4.86. The molecule has 0 unspecified atom stereocenters. The summed E-state index contributed by atoms with van der Waals surface area (Å²) in [5, 5.41) is 16.3. The predicted molar refractivity (Wildman–Crippen MR) is 133 cm³/mol. The third-order valence-corrected chi connectivity index (χ3v) is 7.79. The van der Waals surface area contributed by atoms with Gasteiger partial charge in [0.15, 0.2) is 0 Å². The van der Waals surface area contributed by atoms with Crippen LogP contribution in [0.3, 0.4) is 0 Å². The summed E-state index contributed by atoms with van der Waals surface area (Å²) in [5.74, 6) is -2.64. The smallest absolute Gasteiger partial charge is 0.247 e. The Labute approximate surface area is 206 Å². The van der Waals surface area contributed by atoms with Crippen molar-refractivity contribution in [2.24, 2.45) is 29.6 Å². The van der Waals surface area contributed by atoms with Gasteiger partial charge in [0.25, 0.3) is 0 Å². The van der Waals surface area contributed by atoms with E-state index in [0.717, 1.165) is 19.3 Å². The third-order valence-electron chi connectivity index (χ3n) is 7.46. The van der Waals surface area contributed by atoms with E-state index >= 15 is 0 Å². The first-order valence-corrected chi connectivity index (χ1v) is 12.6. The first kappa shape index (κ1) is 26.2. The number of carbonyl (C=O) groups excluding carboxylic acids is 3.